The molecule has 4 fully saturated rings. The van der Waals surface area contributed by atoms with Gasteiger partial charge in [0.05, 0.1) is 30.2 Å². The lowest BCUT2D eigenvalue weighted by atomic mass is 9.79. The SMILES string of the molecule is O=C(CC1CC(F)(F)C1)N[C@@H](c1cnn2cc([C@@H](NC(=O)c3nocc3C3CC3)C3CCC(F)(F)CC3)nc2c1)C1CC1. The van der Waals surface area contributed by atoms with Crippen LogP contribution in [0.4, 0.5) is 17.6 Å². The molecule has 0 spiro atoms. The van der Waals surface area contributed by atoms with E-state index in [1.165, 1.54) is 6.26 Å². The molecule has 4 saturated carbocycles. The molecule has 2 amide bonds. The first-order chi connectivity index (χ1) is 20.5. The number of carbonyl (C=O) groups is 2. The average molecular weight is 603 g/mol. The summed E-state index contributed by atoms with van der Waals surface area (Å²) in [6.45, 7) is 0. The highest BCUT2D eigenvalue weighted by Gasteiger charge is 2.46. The monoisotopic (exact) mass is 602 g/mol. The molecule has 230 valence electrons. The average Bonchev–Trinajstić information content (AvgIpc) is 3.87. The molecule has 2 atom stereocenters. The quantitative estimate of drug-likeness (QED) is 0.280. The molecule has 4 aliphatic carbocycles. The number of hydrogen-bond donors (Lipinski definition) is 2. The van der Waals surface area contributed by atoms with Gasteiger partial charge in [0.15, 0.2) is 11.3 Å². The number of fused-ring (bicyclic) bond motifs is 1. The molecule has 0 saturated heterocycles. The van der Waals surface area contributed by atoms with Crippen LogP contribution >= 0.6 is 0 Å². The molecular weight excluding hydrogens is 568 g/mol. The third kappa shape index (κ3) is 6.12. The molecule has 4 aliphatic rings. The Balaban J connectivity index is 1.12. The van der Waals surface area contributed by atoms with Crippen molar-refractivity contribution in [1.82, 2.24) is 30.4 Å². The van der Waals surface area contributed by atoms with Gasteiger partial charge >= 0.3 is 0 Å². The maximum atomic E-state index is 14.1. The highest BCUT2D eigenvalue weighted by molar-refractivity contribution is 5.94. The van der Waals surface area contributed by atoms with Crippen LogP contribution in [-0.2, 0) is 4.79 Å². The fraction of sp³-hybridized carbons (Fsp3) is 0.633. The van der Waals surface area contributed by atoms with Gasteiger partial charge in [0.1, 0.15) is 6.26 Å². The fourth-order valence-corrected chi connectivity index (χ4v) is 6.70. The van der Waals surface area contributed by atoms with Gasteiger partial charge in [0.25, 0.3) is 5.91 Å². The van der Waals surface area contributed by atoms with Gasteiger partial charge in [-0.15, -0.1) is 0 Å². The summed E-state index contributed by atoms with van der Waals surface area (Å²) in [5, 5.41) is 14.5. The molecule has 0 aliphatic heterocycles. The lowest BCUT2D eigenvalue weighted by Gasteiger charge is -2.34. The van der Waals surface area contributed by atoms with E-state index in [1.54, 1.807) is 16.9 Å². The Morgan fingerprint density at radius 2 is 1.70 bits per heavy atom. The van der Waals surface area contributed by atoms with Crippen LogP contribution in [0.5, 0.6) is 0 Å². The number of halogens is 4. The van der Waals surface area contributed by atoms with E-state index in [2.05, 4.69) is 20.9 Å². The summed E-state index contributed by atoms with van der Waals surface area (Å²) in [6, 6.07) is 0.875. The zero-order valence-electron chi connectivity index (χ0n) is 23.6. The molecule has 13 heteroatoms. The molecule has 9 nitrogen and oxygen atoms in total. The van der Waals surface area contributed by atoms with Crippen molar-refractivity contribution >= 4 is 17.5 Å². The van der Waals surface area contributed by atoms with Crippen LogP contribution in [0.2, 0.25) is 0 Å². The van der Waals surface area contributed by atoms with Crippen LogP contribution in [-0.4, -0.2) is 43.4 Å². The van der Waals surface area contributed by atoms with Crippen LogP contribution in [0, 0.1) is 17.8 Å². The molecule has 0 bridgehead atoms. The van der Waals surface area contributed by atoms with E-state index >= 15 is 0 Å². The molecule has 0 radical (unpaired) electrons. The van der Waals surface area contributed by atoms with Gasteiger partial charge in [-0.1, -0.05) is 5.16 Å². The largest absolute Gasteiger partial charge is 0.364 e. The van der Waals surface area contributed by atoms with Crippen LogP contribution in [0.25, 0.3) is 5.65 Å². The first-order valence-electron chi connectivity index (χ1n) is 15.2. The second-order valence-corrected chi connectivity index (χ2v) is 13.0. The third-order valence-corrected chi connectivity index (χ3v) is 9.45. The first-order valence-corrected chi connectivity index (χ1v) is 15.2. The Morgan fingerprint density at radius 3 is 2.37 bits per heavy atom. The van der Waals surface area contributed by atoms with Crippen molar-refractivity contribution in [2.45, 2.75) is 100 Å². The van der Waals surface area contributed by atoms with Crippen molar-refractivity contribution < 1.29 is 31.7 Å². The van der Waals surface area contributed by atoms with Crippen molar-refractivity contribution in [3.63, 3.8) is 0 Å². The predicted octanol–water partition coefficient (Wildman–Crippen LogP) is 5.89. The number of alkyl halides is 4. The molecule has 3 aromatic heterocycles. The minimum atomic E-state index is -2.73. The first kappa shape index (κ1) is 28.3. The smallest absolute Gasteiger partial charge is 0.274 e. The Morgan fingerprint density at radius 1 is 0.977 bits per heavy atom. The minimum absolute atomic E-state index is 0.0673. The molecule has 3 heterocycles. The Hall–Kier alpha value is -3.51. The number of nitrogens with zero attached hydrogens (tertiary/aromatic N) is 4. The number of rotatable bonds is 10. The normalized spacial score (nSPS) is 23.4. The third-order valence-electron chi connectivity index (χ3n) is 9.45. The zero-order chi connectivity index (χ0) is 29.9. The number of hydrogen-bond acceptors (Lipinski definition) is 6. The van der Waals surface area contributed by atoms with E-state index in [0.29, 0.717) is 11.3 Å². The summed E-state index contributed by atoms with van der Waals surface area (Å²) in [6.07, 6.45) is 8.11. The molecule has 43 heavy (non-hydrogen) atoms. The van der Waals surface area contributed by atoms with Crippen molar-refractivity contribution in [1.29, 1.82) is 0 Å². The standard InChI is InChI=1S/C30H34F4N6O3/c31-29(32)7-5-19(6-8-29)26(38-28(42)27-21(15-43-39-27)17-1-2-17)22-14-40-23(36-22)10-20(13-35-40)25(18-3-4-18)37-24(41)9-16-11-30(33,34)12-16/h10,13-19,25-26H,1-9,11-12H2,(H,37,41)(H,38,42)/t25-,26+/m1/s1. The Kier molecular flexibility index (Phi) is 6.96. The van der Waals surface area contributed by atoms with Gasteiger partial charge in [-0.2, -0.15) is 5.10 Å². The van der Waals surface area contributed by atoms with Crippen molar-refractivity contribution in [3.8, 4) is 0 Å². The van der Waals surface area contributed by atoms with E-state index in [1.807, 2.05) is 6.07 Å². The topological polar surface area (TPSA) is 114 Å². The second-order valence-electron chi connectivity index (χ2n) is 13.0. The number of amides is 2. The number of aromatic nitrogens is 4. The molecule has 2 N–H and O–H groups in total. The zero-order valence-corrected chi connectivity index (χ0v) is 23.6. The molecular formula is C30H34F4N6O3. The van der Waals surface area contributed by atoms with E-state index < -0.39 is 23.8 Å². The fourth-order valence-electron chi connectivity index (χ4n) is 6.70. The summed E-state index contributed by atoms with van der Waals surface area (Å²) in [4.78, 5) is 30.9. The molecule has 7 rings (SSSR count). The van der Waals surface area contributed by atoms with Gasteiger partial charge in [0.2, 0.25) is 17.8 Å². The van der Waals surface area contributed by atoms with Gasteiger partial charge in [-0.25, -0.2) is 27.1 Å². The van der Waals surface area contributed by atoms with Crippen molar-refractivity contribution in [2.24, 2.45) is 17.8 Å². The van der Waals surface area contributed by atoms with Crippen LogP contribution in [0.15, 0.2) is 29.2 Å². The maximum absolute atomic E-state index is 14.1. The van der Waals surface area contributed by atoms with Crippen molar-refractivity contribution in [2.75, 3.05) is 0 Å². The summed E-state index contributed by atoms with van der Waals surface area (Å²) >= 11 is 0. The lowest BCUT2D eigenvalue weighted by molar-refractivity contribution is -0.134. The van der Waals surface area contributed by atoms with E-state index in [4.69, 9.17) is 9.51 Å². The Labute approximate surface area is 245 Å². The number of imidazole rings is 1. The second kappa shape index (κ2) is 10.6. The van der Waals surface area contributed by atoms with Gasteiger partial charge in [0, 0.05) is 37.7 Å². The van der Waals surface area contributed by atoms with Gasteiger partial charge in [-0.05, 0) is 73.8 Å². The maximum Gasteiger partial charge on any atom is 0.274 e. The van der Waals surface area contributed by atoms with Crippen molar-refractivity contribution in [3.05, 3.63) is 47.2 Å². The minimum Gasteiger partial charge on any atom is -0.364 e. The summed E-state index contributed by atoms with van der Waals surface area (Å²) in [7, 11) is 0. The molecule has 3 aromatic rings. The van der Waals surface area contributed by atoms with E-state index in [9.17, 15) is 27.2 Å². The van der Waals surface area contributed by atoms with Crippen LogP contribution < -0.4 is 10.6 Å². The van der Waals surface area contributed by atoms with E-state index in [-0.39, 0.29) is 86.3 Å². The summed E-state index contributed by atoms with van der Waals surface area (Å²) in [5.41, 5.74) is 2.72. The number of nitrogens with one attached hydrogen (secondary N) is 2. The van der Waals surface area contributed by atoms with Crippen LogP contribution in [0.3, 0.4) is 0 Å². The summed E-state index contributed by atoms with van der Waals surface area (Å²) in [5.74, 6) is -6.18. The molecule has 0 aromatic carbocycles. The molecule has 0 unspecified atom stereocenters. The predicted molar refractivity (Wildman–Crippen MR) is 144 cm³/mol. The Bertz CT molecular complexity index is 1510. The lowest BCUT2D eigenvalue weighted by Crippen LogP contribution is -2.39. The highest BCUT2D eigenvalue weighted by atomic mass is 19.3. The van der Waals surface area contributed by atoms with E-state index in [0.717, 1.165) is 36.8 Å². The highest BCUT2D eigenvalue weighted by Crippen LogP contribution is 2.46. The van der Waals surface area contributed by atoms with Gasteiger partial charge in [-0.3, -0.25) is 9.59 Å². The van der Waals surface area contributed by atoms with Gasteiger partial charge < -0.3 is 15.2 Å². The van der Waals surface area contributed by atoms with Crippen LogP contribution in [0.1, 0.15) is 116 Å². The summed E-state index contributed by atoms with van der Waals surface area (Å²) < 4.78 is 61.3. The number of carbonyl (C=O) groups excluding carboxylic acids is 2.